The fourth-order valence-corrected chi connectivity index (χ4v) is 5.62. The van der Waals surface area contributed by atoms with Crippen LogP contribution in [0.4, 0.5) is 15.8 Å². The maximum absolute atomic E-state index is 14.5. The number of rotatable bonds is 2. The van der Waals surface area contributed by atoms with Gasteiger partial charge < -0.3 is 5.32 Å². The maximum atomic E-state index is 14.5. The number of anilines is 1. The van der Waals surface area contributed by atoms with Gasteiger partial charge in [-0.1, -0.05) is 18.2 Å². The second-order valence-electron chi connectivity index (χ2n) is 7.61. The fraction of sp³-hybridized carbons (Fsp3) is 0.400. The summed E-state index contributed by atoms with van der Waals surface area (Å²) in [5.41, 5.74) is 2.84. The zero-order chi connectivity index (χ0) is 17.1. The predicted molar refractivity (Wildman–Crippen MR) is 92.9 cm³/mol. The third kappa shape index (κ3) is 2.11. The Balaban J connectivity index is 1.65. The van der Waals surface area contributed by atoms with E-state index in [2.05, 4.69) is 5.32 Å². The van der Waals surface area contributed by atoms with Crippen LogP contribution in [0.1, 0.15) is 42.3 Å². The molecule has 25 heavy (non-hydrogen) atoms. The van der Waals surface area contributed by atoms with Crippen LogP contribution in [0.5, 0.6) is 0 Å². The van der Waals surface area contributed by atoms with E-state index < -0.39 is 0 Å². The summed E-state index contributed by atoms with van der Waals surface area (Å²) < 4.78 is 14.5. The highest BCUT2D eigenvalue weighted by molar-refractivity contribution is 5.62. The lowest BCUT2D eigenvalue weighted by Gasteiger charge is -2.43. The number of hydrogen-bond acceptors (Lipinski definition) is 3. The van der Waals surface area contributed by atoms with Crippen LogP contribution in [0.15, 0.2) is 42.5 Å². The Hall–Kier alpha value is -2.43. The molecule has 1 heterocycles. The van der Waals surface area contributed by atoms with Crippen LogP contribution >= 0.6 is 0 Å². The molecule has 5 atom stereocenters. The van der Waals surface area contributed by atoms with Gasteiger partial charge in [-0.05, 0) is 60.6 Å². The Morgan fingerprint density at radius 1 is 1.08 bits per heavy atom. The lowest BCUT2D eigenvalue weighted by Crippen LogP contribution is -2.35. The predicted octanol–water partition coefficient (Wildman–Crippen LogP) is 5.03. The highest BCUT2D eigenvalue weighted by Gasteiger charge is 2.54. The van der Waals surface area contributed by atoms with E-state index in [1.807, 2.05) is 12.1 Å². The molecule has 2 saturated carbocycles. The zero-order valence-corrected chi connectivity index (χ0v) is 13.7. The molecule has 2 aliphatic carbocycles. The van der Waals surface area contributed by atoms with Crippen LogP contribution in [-0.4, -0.2) is 4.92 Å². The van der Waals surface area contributed by atoms with Crippen molar-refractivity contribution in [1.82, 2.24) is 0 Å². The van der Waals surface area contributed by atoms with Gasteiger partial charge in [0, 0.05) is 23.4 Å². The van der Waals surface area contributed by atoms with Crippen LogP contribution in [0.3, 0.4) is 0 Å². The Bertz CT molecular complexity index is 869. The van der Waals surface area contributed by atoms with E-state index in [0.717, 1.165) is 17.7 Å². The minimum atomic E-state index is -0.328. The molecule has 0 aromatic heterocycles. The van der Waals surface area contributed by atoms with Gasteiger partial charge in [0.1, 0.15) is 5.82 Å². The first-order valence-electron chi connectivity index (χ1n) is 8.93. The number of benzene rings is 2. The highest BCUT2D eigenvalue weighted by Crippen LogP contribution is 2.64. The van der Waals surface area contributed by atoms with Crippen LogP contribution in [0.2, 0.25) is 0 Å². The van der Waals surface area contributed by atoms with E-state index >= 15 is 0 Å². The summed E-state index contributed by atoms with van der Waals surface area (Å²) in [6.45, 7) is 0. The molecule has 0 spiro atoms. The molecule has 4 nitrogen and oxygen atoms in total. The summed E-state index contributed by atoms with van der Waals surface area (Å²) in [4.78, 5) is 10.9. The summed E-state index contributed by atoms with van der Waals surface area (Å²) in [5.74, 6) is 1.56. The van der Waals surface area contributed by atoms with Crippen molar-refractivity contribution in [3.8, 4) is 0 Å². The molecule has 0 unspecified atom stereocenters. The second-order valence-corrected chi connectivity index (χ2v) is 7.61. The van der Waals surface area contributed by atoms with Gasteiger partial charge in [-0.15, -0.1) is 0 Å². The minimum absolute atomic E-state index is 0.0598. The van der Waals surface area contributed by atoms with Gasteiger partial charge >= 0.3 is 0 Å². The van der Waals surface area contributed by atoms with Gasteiger partial charge in [-0.3, -0.25) is 10.1 Å². The van der Waals surface area contributed by atoms with Crippen LogP contribution in [0.25, 0.3) is 0 Å². The van der Waals surface area contributed by atoms with E-state index in [9.17, 15) is 14.5 Å². The zero-order valence-electron chi connectivity index (χ0n) is 13.7. The van der Waals surface area contributed by atoms with Crippen molar-refractivity contribution in [2.24, 2.45) is 17.8 Å². The topological polar surface area (TPSA) is 55.2 Å². The van der Waals surface area contributed by atoms with Gasteiger partial charge in [0.15, 0.2) is 0 Å². The third-order valence-corrected chi connectivity index (χ3v) is 6.52. The molecular weight excluding hydrogens is 319 g/mol. The fourth-order valence-electron chi connectivity index (χ4n) is 5.62. The van der Waals surface area contributed by atoms with Gasteiger partial charge in [-0.25, -0.2) is 4.39 Å². The van der Waals surface area contributed by atoms with Crippen molar-refractivity contribution in [3.05, 3.63) is 69.5 Å². The Morgan fingerprint density at radius 2 is 1.88 bits per heavy atom. The molecule has 0 saturated heterocycles. The lowest BCUT2D eigenvalue weighted by atomic mass is 9.68. The quantitative estimate of drug-likeness (QED) is 0.617. The van der Waals surface area contributed by atoms with Crippen molar-refractivity contribution >= 4 is 11.4 Å². The maximum Gasteiger partial charge on any atom is 0.269 e. The van der Waals surface area contributed by atoms with Crippen LogP contribution < -0.4 is 5.32 Å². The molecule has 2 aromatic carbocycles. The molecular formula is C20H19FN2O2. The monoisotopic (exact) mass is 338 g/mol. The van der Waals surface area contributed by atoms with E-state index in [4.69, 9.17) is 0 Å². The number of halogens is 1. The van der Waals surface area contributed by atoms with Crippen molar-refractivity contribution in [2.45, 2.75) is 31.2 Å². The molecule has 5 heteroatoms. The Kier molecular flexibility index (Phi) is 3.14. The minimum Gasteiger partial charge on any atom is -0.378 e. The standard InChI is InChI=1S/C20H19FN2O2/c21-16-4-2-1-3-14(16)20-19-12-6-5-11(9-12)18(19)15-10-13(23(24)25)7-8-17(15)22-20/h1-4,7-8,10-12,18-20,22H,5-6,9H2/t11-,12-,18+,19+,20-/m0/s1. The van der Waals surface area contributed by atoms with Gasteiger partial charge in [-0.2, -0.15) is 0 Å². The van der Waals surface area contributed by atoms with Crippen molar-refractivity contribution in [1.29, 1.82) is 0 Å². The number of hydrogen-bond donors (Lipinski definition) is 1. The summed E-state index contributed by atoms with van der Waals surface area (Å²) >= 11 is 0. The normalized spacial score (nSPS) is 32.0. The number of non-ortho nitro benzene ring substituents is 1. The molecule has 2 fully saturated rings. The molecule has 3 aliphatic rings. The first-order chi connectivity index (χ1) is 12.1. The van der Waals surface area contributed by atoms with E-state index in [0.29, 0.717) is 29.2 Å². The molecule has 128 valence electrons. The summed E-state index contributed by atoms with van der Waals surface area (Å²) in [7, 11) is 0. The second kappa shape index (κ2) is 5.28. The number of fused-ring (bicyclic) bond motifs is 7. The number of nitro benzene ring substituents is 1. The molecule has 2 aromatic rings. The van der Waals surface area contributed by atoms with Gasteiger partial charge in [0.25, 0.3) is 5.69 Å². The average Bonchev–Trinajstić information content (AvgIpc) is 3.23. The van der Waals surface area contributed by atoms with Crippen LogP contribution in [-0.2, 0) is 0 Å². The molecule has 2 bridgehead atoms. The van der Waals surface area contributed by atoms with E-state index in [1.54, 1.807) is 18.2 Å². The lowest BCUT2D eigenvalue weighted by molar-refractivity contribution is -0.384. The van der Waals surface area contributed by atoms with Crippen molar-refractivity contribution < 1.29 is 9.31 Å². The largest absolute Gasteiger partial charge is 0.378 e. The van der Waals surface area contributed by atoms with Crippen LogP contribution in [0, 0.1) is 33.7 Å². The van der Waals surface area contributed by atoms with Gasteiger partial charge in [0.2, 0.25) is 0 Å². The summed E-state index contributed by atoms with van der Waals surface area (Å²) in [6.07, 6.45) is 3.52. The van der Waals surface area contributed by atoms with Crippen molar-refractivity contribution in [2.75, 3.05) is 5.32 Å². The van der Waals surface area contributed by atoms with E-state index in [1.165, 1.54) is 25.0 Å². The summed E-state index contributed by atoms with van der Waals surface area (Å²) in [5, 5.41) is 14.7. The third-order valence-electron chi connectivity index (χ3n) is 6.52. The highest BCUT2D eigenvalue weighted by atomic mass is 19.1. The first kappa shape index (κ1) is 14.9. The smallest absolute Gasteiger partial charge is 0.269 e. The molecule has 1 N–H and O–H groups in total. The average molecular weight is 338 g/mol. The number of nitrogens with zero attached hydrogens (tertiary/aromatic N) is 1. The molecule has 0 amide bonds. The first-order valence-corrected chi connectivity index (χ1v) is 8.93. The van der Waals surface area contributed by atoms with E-state index in [-0.39, 0.29) is 22.5 Å². The SMILES string of the molecule is O=[N+]([O-])c1ccc2c(c1)[C@H]1[C@H]3CC[C@@H](C3)[C@H]1[C@H](c1ccccc1F)N2. The summed E-state index contributed by atoms with van der Waals surface area (Å²) in [6, 6.07) is 12.0. The van der Waals surface area contributed by atoms with Crippen molar-refractivity contribution in [3.63, 3.8) is 0 Å². The molecule has 5 rings (SSSR count). The Morgan fingerprint density at radius 3 is 2.68 bits per heavy atom. The Labute approximate surface area is 145 Å². The number of nitrogens with one attached hydrogen (secondary N) is 1. The number of nitro groups is 1. The molecule has 1 aliphatic heterocycles. The van der Waals surface area contributed by atoms with Gasteiger partial charge in [0.05, 0.1) is 11.0 Å². The molecule has 0 radical (unpaired) electrons.